The monoisotopic (exact) mass is 303 g/mol. The molecule has 0 unspecified atom stereocenters. The van der Waals surface area contributed by atoms with E-state index in [1.807, 2.05) is 20.0 Å². The summed E-state index contributed by atoms with van der Waals surface area (Å²) >= 11 is 5.64. The lowest BCUT2D eigenvalue weighted by Gasteiger charge is -2.28. The Bertz CT molecular complexity index is 480. The number of hydrogen-bond donors (Lipinski definition) is 0. The first kappa shape index (κ1) is 15.3. The van der Waals surface area contributed by atoms with E-state index in [2.05, 4.69) is 5.10 Å². The molecule has 0 radical (unpaired) electrons. The van der Waals surface area contributed by atoms with Crippen molar-refractivity contribution in [3.63, 3.8) is 0 Å². The van der Waals surface area contributed by atoms with Gasteiger partial charge in [-0.05, 0) is 13.8 Å². The summed E-state index contributed by atoms with van der Waals surface area (Å²) in [5.74, 6) is -0.446. The molecule has 0 N–H and O–H groups in total. The molecule has 1 aliphatic rings. The lowest BCUT2D eigenvalue weighted by molar-refractivity contribution is -0.132. The van der Waals surface area contributed by atoms with Crippen LogP contribution in [0.3, 0.4) is 0 Å². The summed E-state index contributed by atoms with van der Waals surface area (Å²) in [7, 11) is 0. The van der Waals surface area contributed by atoms with Crippen molar-refractivity contribution >= 4 is 17.5 Å². The predicted molar refractivity (Wildman–Crippen MR) is 73.4 cm³/mol. The van der Waals surface area contributed by atoms with Gasteiger partial charge >= 0.3 is 0 Å². The van der Waals surface area contributed by atoms with E-state index in [1.165, 1.54) is 4.90 Å². The van der Waals surface area contributed by atoms with Gasteiger partial charge in [-0.1, -0.05) is 0 Å². The van der Waals surface area contributed by atoms with E-state index in [0.717, 1.165) is 17.8 Å². The van der Waals surface area contributed by atoms with Crippen LogP contribution >= 0.6 is 11.6 Å². The summed E-state index contributed by atoms with van der Waals surface area (Å²) in [6, 6.07) is -0.564. The number of alkyl halides is 2. The first-order chi connectivity index (χ1) is 9.56. The zero-order valence-corrected chi connectivity index (χ0v) is 12.4. The highest BCUT2D eigenvalue weighted by Gasteiger charge is 2.36. The van der Waals surface area contributed by atoms with Gasteiger partial charge in [-0.3, -0.25) is 9.48 Å². The van der Waals surface area contributed by atoms with Crippen molar-refractivity contribution in [2.75, 3.05) is 19.1 Å². The van der Waals surface area contributed by atoms with Crippen molar-refractivity contribution in [2.45, 2.75) is 39.2 Å². The van der Waals surface area contributed by atoms with Crippen molar-refractivity contribution in [1.82, 2.24) is 14.7 Å². The standard InChI is InChI=1S/C13H19ClFN3O2/c1-3-17-5-10(9(2)16-17)6-18(13(19)4-14)12-8-20-7-11(12)15/h5,11-12H,3-4,6-8H2,1-2H3/t11-,12-/m1/s1. The van der Waals surface area contributed by atoms with Crippen LogP contribution in [-0.2, 0) is 22.6 Å². The Kier molecular flexibility index (Phi) is 4.99. The van der Waals surface area contributed by atoms with Crippen molar-refractivity contribution in [3.8, 4) is 0 Å². The van der Waals surface area contributed by atoms with Crippen molar-refractivity contribution in [3.05, 3.63) is 17.5 Å². The second-order valence-electron chi connectivity index (χ2n) is 4.87. The summed E-state index contributed by atoms with van der Waals surface area (Å²) < 4.78 is 20.7. The number of halogens is 2. The first-order valence-corrected chi connectivity index (χ1v) is 7.20. The van der Waals surface area contributed by atoms with Crippen LogP contribution in [0.15, 0.2) is 6.20 Å². The molecule has 7 heteroatoms. The zero-order chi connectivity index (χ0) is 14.7. The number of carbonyl (C=O) groups is 1. The summed E-state index contributed by atoms with van der Waals surface area (Å²) in [5, 5.41) is 4.33. The van der Waals surface area contributed by atoms with Gasteiger partial charge in [0.05, 0.1) is 24.9 Å². The summed E-state index contributed by atoms with van der Waals surface area (Å²) in [4.78, 5) is 13.4. The van der Waals surface area contributed by atoms with E-state index in [-0.39, 0.29) is 25.0 Å². The topological polar surface area (TPSA) is 47.4 Å². The minimum atomic E-state index is -1.16. The molecule has 2 atom stereocenters. The molecule has 1 aromatic rings. The molecule has 2 heterocycles. The fraction of sp³-hybridized carbons (Fsp3) is 0.692. The molecule has 0 bridgehead atoms. The van der Waals surface area contributed by atoms with Crippen LogP contribution in [-0.4, -0.2) is 51.9 Å². The van der Waals surface area contributed by atoms with Gasteiger partial charge in [0, 0.05) is 24.8 Å². The second-order valence-corrected chi connectivity index (χ2v) is 5.14. The van der Waals surface area contributed by atoms with E-state index in [9.17, 15) is 9.18 Å². The van der Waals surface area contributed by atoms with Crippen molar-refractivity contribution in [1.29, 1.82) is 0 Å². The Morgan fingerprint density at radius 3 is 2.90 bits per heavy atom. The van der Waals surface area contributed by atoms with Crippen LogP contribution in [0.25, 0.3) is 0 Å². The molecule has 0 aliphatic carbocycles. The van der Waals surface area contributed by atoms with E-state index in [0.29, 0.717) is 6.54 Å². The maximum atomic E-state index is 13.8. The molecule has 0 saturated carbocycles. The number of nitrogens with zero attached hydrogens (tertiary/aromatic N) is 3. The number of ether oxygens (including phenoxy) is 1. The summed E-state index contributed by atoms with van der Waals surface area (Å²) in [5.41, 5.74) is 1.75. The van der Waals surface area contributed by atoms with E-state index in [1.54, 1.807) is 4.68 Å². The van der Waals surface area contributed by atoms with Crippen LogP contribution in [0.1, 0.15) is 18.2 Å². The molecule has 20 heavy (non-hydrogen) atoms. The minimum absolute atomic E-state index is 0.0317. The predicted octanol–water partition coefficient (Wildman–Crippen LogP) is 1.52. The largest absolute Gasteiger partial charge is 0.376 e. The Morgan fingerprint density at radius 1 is 1.65 bits per heavy atom. The third-order valence-corrected chi connectivity index (χ3v) is 3.76. The van der Waals surface area contributed by atoms with Crippen LogP contribution in [0.5, 0.6) is 0 Å². The smallest absolute Gasteiger partial charge is 0.238 e. The van der Waals surface area contributed by atoms with Crippen molar-refractivity contribution in [2.24, 2.45) is 0 Å². The third-order valence-electron chi connectivity index (χ3n) is 3.53. The lowest BCUT2D eigenvalue weighted by atomic mass is 10.1. The average molecular weight is 304 g/mol. The molecule has 1 aromatic heterocycles. The summed E-state index contributed by atoms with van der Waals surface area (Å²) in [6.45, 7) is 5.17. The summed E-state index contributed by atoms with van der Waals surface area (Å²) in [6.07, 6.45) is 0.719. The molecule has 0 spiro atoms. The highest BCUT2D eigenvalue weighted by molar-refractivity contribution is 6.27. The normalized spacial score (nSPS) is 22.2. The molecular formula is C13H19ClFN3O2. The maximum Gasteiger partial charge on any atom is 0.238 e. The van der Waals surface area contributed by atoms with Gasteiger partial charge in [-0.15, -0.1) is 11.6 Å². The maximum absolute atomic E-state index is 13.8. The van der Waals surface area contributed by atoms with Crippen molar-refractivity contribution < 1.29 is 13.9 Å². The number of rotatable bonds is 5. The highest BCUT2D eigenvalue weighted by atomic mass is 35.5. The van der Waals surface area contributed by atoms with Crippen LogP contribution < -0.4 is 0 Å². The Morgan fingerprint density at radius 2 is 2.40 bits per heavy atom. The number of amides is 1. The molecule has 2 rings (SSSR count). The van der Waals surface area contributed by atoms with E-state index < -0.39 is 12.2 Å². The van der Waals surface area contributed by atoms with Crippen LogP contribution in [0, 0.1) is 6.92 Å². The fourth-order valence-electron chi connectivity index (χ4n) is 2.33. The SMILES string of the molecule is CCn1cc(CN(C(=O)CCl)[C@@H]2COC[C@H]2F)c(C)n1. The van der Waals surface area contributed by atoms with Gasteiger partial charge in [-0.2, -0.15) is 5.10 Å². The van der Waals surface area contributed by atoms with Crippen LogP contribution in [0.4, 0.5) is 4.39 Å². The minimum Gasteiger partial charge on any atom is -0.376 e. The van der Waals surface area contributed by atoms with Gasteiger partial charge in [-0.25, -0.2) is 4.39 Å². The number of aryl methyl sites for hydroxylation is 2. The van der Waals surface area contributed by atoms with Gasteiger partial charge in [0.15, 0.2) is 0 Å². The van der Waals surface area contributed by atoms with Gasteiger partial charge in [0.25, 0.3) is 0 Å². The molecular weight excluding hydrogens is 285 g/mol. The number of hydrogen-bond acceptors (Lipinski definition) is 3. The quantitative estimate of drug-likeness (QED) is 0.775. The molecule has 1 amide bonds. The average Bonchev–Trinajstić information content (AvgIpc) is 3.01. The lowest BCUT2D eigenvalue weighted by Crippen LogP contribution is -2.45. The Hall–Kier alpha value is -1.14. The molecule has 1 saturated heterocycles. The third kappa shape index (κ3) is 3.12. The second kappa shape index (κ2) is 6.54. The van der Waals surface area contributed by atoms with Gasteiger partial charge < -0.3 is 9.64 Å². The number of aromatic nitrogens is 2. The van der Waals surface area contributed by atoms with E-state index in [4.69, 9.17) is 16.3 Å². The molecule has 5 nitrogen and oxygen atoms in total. The highest BCUT2D eigenvalue weighted by Crippen LogP contribution is 2.20. The van der Waals surface area contributed by atoms with Crippen LogP contribution in [0.2, 0.25) is 0 Å². The Balaban J connectivity index is 2.18. The number of carbonyl (C=O) groups excluding carboxylic acids is 1. The molecule has 112 valence electrons. The zero-order valence-electron chi connectivity index (χ0n) is 11.7. The van der Waals surface area contributed by atoms with E-state index >= 15 is 0 Å². The Labute approximate surface area is 122 Å². The molecule has 0 aromatic carbocycles. The first-order valence-electron chi connectivity index (χ1n) is 6.67. The van der Waals surface area contributed by atoms with Gasteiger partial charge in [0.1, 0.15) is 12.1 Å². The molecule has 1 aliphatic heterocycles. The fourth-order valence-corrected chi connectivity index (χ4v) is 2.48. The molecule has 1 fully saturated rings. The van der Waals surface area contributed by atoms with Gasteiger partial charge in [0.2, 0.25) is 5.91 Å².